The summed E-state index contributed by atoms with van der Waals surface area (Å²) in [7, 11) is 0. The lowest BCUT2D eigenvalue weighted by atomic mass is 10.3. The number of nitrogens with zero attached hydrogens (tertiary/aromatic N) is 2. The van der Waals surface area contributed by atoms with E-state index >= 15 is 0 Å². The molecule has 0 saturated heterocycles. The van der Waals surface area contributed by atoms with Crippen LogP contribution in [0.4, 0.5) is 0 Å². The Balaban J connectivity index is 2.55. The molecular formula is C10H13N3O3. The summed E-state index contributed by atoms with van der Waals surface area (Å²) in [6.45, 7) is 3.78. The Morgan fingerprint density at radius 2 is 2.25 bits per heavy atom. The Kier molecular flexibility index (Phi) is 4.38. The highest BCUT2D eigenvalue weighted by Crippen LogP contribution is 1.99. The van der Waals surface area contributed by atoms with Gasteiger partial charge >= 0.3 is 5.97 Å². The zero-order valence-corrected chi connectivity index (χ0v) is 9.14. The van der Waals surface area contributed by atoms with Crippen LogP contribution in [0, 0.1) is 0 Å². The fourth-order valence-corrected chi connectivity index (χ4v) is 0.997. The van der Waals surface area contributed by atoms with Gasteiger partial charge in [-0.05, 0) is 13.8 Å². The van der Waals surface area contributed by atoms with Gasteiger partial charge in [0, 0.05) is 18.9 Å². The van der Waals surface area contributed by atoms with E-state index in [0.29, 0.717) is 6.54 Å². The monoisotopic (exact) mass is 223 g/mol. The third kappa shape index (κ3) is 3.30. The fourth-order valence-electron chi connectivity index (χ4n) is 0.997. The Morgan fingerprint density at radius 3 is 2.81 bits per heavy atom. The smallest absolute Gasteiger partial charge is 0.359 e. The van der Waals surface area contributed by atoms with E-state index in [1.807, 2.05) is 0 Å². The van der Waals surface area contributed by atoms with Crippen LogP contribution in [0.1, 0.15) is 24.3 Å². The molecule has 1 rings (SSSR count). The molecule has 0 saturated carbocycles. The standard InChI is InChI=1S/C10H13N3O3/c1-3-12-9(14)7(2)16-10(15)8-6-11-4-5-13-8/h4-7H,3H2,1-2H3,(H,12,14)/t7-/m0/s1. The maximum Gasteiger partial charge on any atom is 0.359 e. The molecule has 1 N–H and O–H groups in total. The van der Waals surface area contributed by atoms with Gasteiger partial charge in [-0.2, -0.15) is 0 Å². The van der Waals surface area contributed by atoms with E-state index in [9.17, 15) is 9.59 Å². The van der Waals surface area contributed by atoms with Crippen LogP contribution >= 0.6 is 0 Å². The molecule has 86 valence electrons. The van der Waals surface area contributed by atoms with Gasteiger partial charge < -0.3 is 10.1 Å². The molecule has 0 spiro atoms. The van der Waals surface area contributed by atoms with E-state index in [1.54, 1.807) is 6.92 Å². The van der Waals surface area contributed by atoms with E-state index in [4.69, 9.17) is 4.74 Å². The number of carbonyl (C=O) groups excluding carboxylic acids is 2. The highest BCUT2D eigenvalue weighted by Gasteiger charge is 2.18. The summed E-state index contributed by atoms with van der Waals surface area (Å²) in [5.74, 6) is -0.994. The highest BCUT2D eigenvalue weighted by molar-refractivity contribution is 5.90. The van der Waals surface area contributed by atoms with Gasteiger partial charge in [0.25, 0.3) is 5.91 Å². The highest BCUT2D eigenvalue weighted by atomic mass is 16.5. The molecule has 1 aromatic rings. The molecule has 6 nitrogen and oxygen atoms in total. The third-order valence-corrected chi connectivity index (χ3v) is 1.78. The fraction of sp³-hybridized carbons (Fsp3) is 0.400. The number of carbonyl (C=O) groups is 2. The number of aromatic nitrogens is 2. The summed E-state index contributed by atoms with van der Waals surface area (Å²) in [5, 5.41) is 2.55. The largest absolute Gasteiger partial charge is 0.448 e. The lowest BCUT2D eigenvalue weighted by molar-refractivity contribution is -0.128. The first-order chi connectivity index (χ1) is 7.65. The number of likely N-dealkylation sites (N-methyl/N-ethyl adjacent to an activating group) is 1. The van der Waals surface area contributed by atoms with Crippen LogP contribution in [0.2, 0.25) is 0 Å². The third-order valence-electron chi connectivity index (χ3n) is 1.78. The van der Waals surface area contributed by atoms with Crippen molar-refractivity contribution in [3.63, 3.8) is 0 Å². The van der Waals surface area contributed by atoms with Gasteiger partial charge in [0.2, 0.25) is 0 Å². The molecule has 0 aliphatic heterocycles. The van der Waals surface area contributed by atoms with Crippen LogP contribution in [0.5, 0.6) is 0 Å². The molecular weight excluding hydrogens is 210 g/mol. The first kappa shape index (κ1) is 12.1. The molecule has 16 heavy (non-hydrogen) atoms. The number of ether oxygens (including phenoxy) is 1. The summed E-state index contributed by atoms with van der Waals surface area (Å²) >= 11 is 0. The minimum absolute atomic E-state index is 0.0821. The lowest BCUT2D eigenvalue weighted by Gasteiger charge is -2.11. The SMILES string of the molecule is CCNC(=O)[C@H](C)OC(=O)c1cnccn1. The van der Waals surface area contributed by atoms with Gasteiger partial charge in [0.1, 0.15) is 0 Å². The van der Waals surface area contributed by atoms with Crippen molar-refractivity contribution in [2.24, 2.45) is 0 Å². The van der Waals surface area contributed by atoms with E-state index in [1.165, 1.54) is 25.5 Å². The zero-order valence-electron chi connectivity index (χ0n) is 9.14. The normalized spacial score (nSPS) is 11.6. The van der Waals surface area contributed by atoms with Crippen molar-refractivity contribution in [1.82, 2.24) is 15.3 Å². The Hall–Kier alpha value is -1.98. The molecule has 6 heteroatoms. The van der Waals surface area contributed by atoms with Crippen LogP contribution in [-0.2, 0) is 9.53 Å². The second-order valence-electron chi connectivity index (χ2n) is 3.03. The minimum Gasteiger partial charge on any atom is -0.448 e. The van der Waals surface area contributed by atoms with Gasteiger partial charge in [-0.25, -0.2) is 9.78 Å². The maximum atomic E-state index is 11.5. The Labute approximate surface area is 93.0 Å². The average molecular weight is 223 g/mol. The molecule has 0 aromatic carbocycles. The number of amides is 1. The van der Waals surface area contributed by atoms with E-state index in [-0.39, 0.29) is 11.6 Å². The van der Waals surface area contributed by atoms with Gasteiger partial charge in [0.05, 0.1) is 6.20 Å². The van der Waals surface area contributed by atoms with Crippen molar-refractivity contribution in [2.45, 2.75) is 20.0 Å². The van der Waals surface area contributed by atoms with Crippen LogP contribution < -0.4 is 5.32 Å². The molecule has 1 aromatic heterocycles. The number of esters is 1. The summed E-state index contributed by atoms with van der Waals surface area (Å²) in [6.07, 6.45) is 3.28. The second kappa shape index (κ2) is 5.79. The van der Waals surface area contributed by atoms with Crippen molar-refractivity contribution in [1.29, 1.82) is 0 Å². The molecule has 0 fully saturated rings. The summed E-state index contributed by atoms with van der Waals surface area (Å²) in [5.41, 5.74) is 0.0821. The van der Waals surface area contributed by atoms with Crippen LogP contribution in [0.15, 0.2) is 18.6 Å². The molecule has 1 heterocycles. The van der Waals surface area contributed by atoms with Crippen LogP contribution in [0.25, 0.3) is 0 Å². The maximum absolute atomic E-state index is 11.5. The van der Waals surface area contributed by atoms with E-state index in [2.05, 4.69) is 15.3 Å². The van der Waals surface area contributed by atoms with E-state index in [0.717, 1.165) is 0 Å². The van der Waals surface area contributed by atoms with Crippen molar-refractivity contribution in [3.8, 4) is 0 Å². The van der Waals surface area contributed by atoms with Gasteiger partial charge in [0.15, 0.2) is 11.8 Å². The molecule has 1 atom stereocenters. The second-order valence-corrected chi connectivity index (χ2v) is 3.03. The summed E-state index contributed by atoms with van der Waals surface area (Å²) in [6, 6.07) is 0. The number of hydrogen-bond acceptors (Lipinski definition) is 5. The summed E-state index contributed by atoms with van der Waals surface area (Å²) < 4.78 is 4.90. The van der Waals surface area contributed by atoms with Gasteiger partial charge in [-0.3, -0.25) is 9.78 Å². The molecule has 0 unspecified atom stereocenters. The van der Waals surface area contributed by atoms with Crippen molar-refractivity contribution >= 4 is 11.9 Å². The lowest BCUT2D eigenvalue weighted by Crippen LogP contribution is -2.35. The molecule has 0 aliphatic rings. The Morgan fingerprint density at radius 1 is 1.50 bits per heavy atom. The molecule has 0 bridgehead atoms. The first-order valence-corrected chi connectivity index (χ1v) is 4.89. The van der Waals surface area contributed by atoms with E-state index < -0.39 is 12.1 Å². The van der Waals surface area contributed by atoms with Crippen LogP contribution in [0.3, 0.4) is 0 Å². The first-order valence-electron chi connectivity index (χ1n) is 4.89. The predicted molar refractivity (Wildman–Crippen MR) is 55.6 cm³/mol. The number of rotatable bonds is 4. The predicted octanol–water partition coefficient (Wildman–Crippen LogP) is 0.158. The van der Waals surface area contributed by atoms with Gasteiger partial charge in [-0.15, -0.1) is 0 Å². The van der Waals surface area contributed by atoms with Gasteiger partial charge in [-0.1, -0.05) is 0 Å². The minimum atomic E-state index is -0.838. The molecule has 0 aliphatic carbocycles. The average Bonchev–Trinajstić information content (AvgIpc) is 2.30. The number of hydrogen-bond donors (Lipinski definition) is 1. The quantitative estimate of drug-likeness (QED) is 0.735. The molecule has 0 radical (unpaired) electrons. The Bertz CT molecular complexity index is 367. The molecule has 1 amide bonds. The van der Waals surface area contributed by atoms with Crippen molar-refractivity contribution in [2.75, 3.05) is 6.54 Å². The topological polar surface area (TPSA) is 81.2 Å². The van der Waals surface area contributed by atoms with Crippen molar-refractivity contribution in [3.05, 3.63) is 24.3 Å². The van der Waals surface area contributed by atoms with Crippen molar-refractivity contribution < 1.29 is 14.3 Å². The number of nitrogens with one attached hydrogen (secondary N) is 1. The zero-order chi connectivity index (χ0) is 12.0. The van der Waals surface area contributed by atoms with Crippen LogP contribution in [-0.4, -0.2) is 34.5 Å². The summed E-state index contributed by atoms with van der Waals surface area (Å²) in [4.78, 5) is 30.2.